The molecule has 0 aromatic heterocycles. The highest BCUT2D eigenvalue weighted by molar-refractivity contribution is 5.49. The van der Waals surface area contributed by atoms with Crippen LogP contribution in [0.15, 0.2) is 0 Å². The molecule has 0 saturated carbocycles. The Kier molecular flexibility index (Phi) is 2.19. The molecule has 0 spiro atoms. The van der Waals surface area contributed by atoms with E-state index in [-0.39, 0.29) is 5.54 Å². The fraction of sp³-hybridized carbons (Fsp3) is 0.900. The standard InChI is InChI=1S/C10H20N2/c1-9(2,3)10(4,5)12-7-6-11-8-12/h8H,6-7H2,1-5H3/p+1. The average Bonchev–Trinajstić information content (AvgIpc) is 2.34. The van der Waals surface area contributed by atoms with Gasteiger partial charge in [-0.05, 0) is 13.8 Å². The second kappa shape index (κ2) is 2.75. The van der Waals surface area contributed by atoms with Crippen molar-refractivity contribution in [2.24, 2.45) is 5.41 Å². The van der Waals surface area contributed by atoms with Crippen LogP contribution in [-0.4, -0.2) is 29.5 Å². The molecule has 0 fully saturated rings. The van der Waals surface area contributed by atoms with Crippen molar-refractivity contribution < 1.29 is 4.58 Å². The second-order valence-corrected chi connectivity index (χ2v) is 5.09. The Hall–Kier alpha value is -0.530. The molecular formula is C10H21N2+. The number of rotatable bonds is 1. The molecule has 0 bridgehead atoms. The van der Waals surface area contributed by atoms with Crippen LogP contribution in [0.1, 0.15) is 34.6 Å². The van der Waals surface area contributed by atoms with Gasteiger partial charge in [-0.25, -0.2) is 0 Å². The summed E-state index contributed by atoms with van der Waals surface area (Å²) in [6, 6.07) is 0. The van der Waals surface area contributed by atoms with Crippen molar-refractivity contribution in [1.82, 2.24) is 5.32 Å². The van der Waals surface area contributed by atoms with Crippen LogP contribution in [0.2, 0.25) is 0 Å². The summed E-state index contributed by atoms with van der Waals surface area (Å²) in [6.07, 6.45) is 2.12. The summed E-state index contributed by atoms with van der Waals surface area (Å²) < 4.78 is 2.40. The molecule has 1 aliphatic rings. The van der Waals surface area contributed by atoms with Crippen LogP contribution in [0.3, 0.4) is 0 Å². The molecule has 0 aliphatic carbocycles. The van der Waals surface area contributed by atoms with Crippen LogP contribution in [0.4, 0.5) is 0 Å². The topological polar surface area (TPSA) is 15.0 Å². The summed E-state index contributed by atoms with van der Waals surface area (Å²) in [6.45, 7) is 13.7. The van der Waals surface area contributed by atoms with Gasteiger partial charge in [0.2, 0.25) is 6.34 Å². The molecule has 0 aromatic carbocycles. The lowest BCUT2D eigenvalue weighted by molar-refractivity contribution is -0.606. The summed E-state index contributed by atoms with van der Waals surface area (Å²) in [4.78, 5) is 0. The van der Waals surface area contributed by atoms with Gasteiger partial charge >= 0.3 is 0 Å². The Labute approximate surface area is 75.7 Å². The van der Waals surface area contributed by atoms with Crippen molar-refractivity contribution >= 4 is 6.34 Å². The van der Waals surface area contributed by atoms with Crippen molar-refractivity contribution in [3.8, 4) is 0 Å². The van der Waals surface area contributed by atoms with Crippen LogP contribution < -0.4 is 5.32 Å². The number of hydrogen-bond donors (Lipinski definition) is 1. The van der Waals surface area contributed by atoms with Crippen LogP contribution >= 0.6 is 0 Å². The molecule has 1 N–H and O–H groups in total. The van der Waals surface area contributed by atoms with Crippen LogP contribution in [0.5, 0.6) is 0 Å². The van der Waals surface area contributed by atoms with E-state index in [9.17, 15) is 0 Å². The molecule has 0 saturated heterocycles. The van der Waals surface area contributed by atoms with E-state index in [1.807, 2.05) is 0 Å². The van der Waals surface area contributed by atoms with E-state index in [0.29, 0.717) is 5.41 Å². The van der Waals surface area contributed by atoms with Crippen LogP contribution in [-0.2, 0) is 0 Å². The monoisotopic (exact) mass is 169 g/mol. The Morgan fingerprint density at radius 3 is 2.08 bits per heavy atom. The largest absolute Gasteiger partial charge is 0.277 e. The summed E-state index contributed by atoms with van der Waals surface area (Å²) in [5.74, 6) is 0. The zero-order valence-electron chi connectivity index (χ0n) is 8.94. The molecule has 0 aromatic rings. The van der Waals surface area contributed by atoms with Gasteiger partial charge in [-0.2, -0.15) is 0 Å². The molecule has 70 valence electrons. The molecule has 2 nitrogen and oxygen atoms in total. The van der Waals surface area contributed by atoms with Gasteiger partial charge < -0.3 is 0 Å². The van der Waals surface area contributed by atoms with Crippen molar-refractivity contribution in [3.63, 3.8) is 0 Å². The first-order chi connectivity index (χ1) is 5.36. The molecule has 1 heterocycles. The predicted octanol–water partition coefficient (Wildman–Crippen LogP) is 1.46. The Morgan fingerprint density at radius 1 is 1.17 bits per heavy atom. The molecule has 0 amide bonds. The average molecular weight is 169 g/mol. The third-order valence-electron chi connectivity index (χ3n) is 3.30. The Balaban J connectivity index is 2.84. The Morgan fingerprint density at radius 2 is 1.75 bits per heavy atom. The van der Waals surface area contributed by atoms with Gasteiger partial charge in [-0.15, -0.1) is 0 Å². The summed E-state index contributed by atoms with van der Waals surface area (Å²) in [5.41, 5.74) is 0.548. The second-order valence-electron chi connectivity index (χ2n) is 5.09. The van der Waals surface area contributed by atoms with E-state index in [4.69, 9.17) is 0 Å². The maximum atomic E-state index is 3.25. The minimum atomic E-state index is 0.233. The highest BCUT2D eigenvalue weighted by Crippen LogP contribution is 2.32. The molecule has 12 heavy (non-hydrogen) atoms. The number of nitrogens with one attached hydrogen (secondary N) is 1. The predicted molar refractivity (Wildman–Crippen MR) is 52.7 cm³/mol. The van der Waals surface area contributed by atoms with Crippen molar-refractivity contribution in [2.45, 2.75) is 40.2 Å². The van der Waals surface area contributed by atoms with Gasteiger partial charge in [-0.1, -0.05) is 20.8 Å². The van der Waals surface area contributed by atoms with E-state index in [2.05, 4.69) is 50.8 Å². The fourth-order valence-electron chi connectivity index (χ4n) is 1.30. The molecule has 0 radical (unpaired) electrons. The lowest BCUT2D eigenvalue weighted by atomic mass is 9.76. The highest BCUT2D eigenvalue weighted by atomic mass is 15.2. The fourth-order valence-corrected chi connectivity index (χ4v) is 1.30. The molecule has 1 rings (SSSR count). The van der Waals surface area contributed by atoms with E-state index >= 15 is 0 Å². The van der Waals surface area contributed by atoms with E-state index in [1.165, 1.54) is 0 Å². The SMILES string of the molecule is CC(C)(C)C(C)(C)[N+]1=CNCC1. The minimum absolute atomic E-state index is 0.233. The molecular weight excluding hydrogens is 148 g/mol. The molecule has 0 atom stereocenters. The van der Waals surface area contributed by atoms with E-state index in [1.54, 1.807) is 0 Å². The van der Waals surface area contributed by atoms with E-state index < -0.39 is 0 Å². The Bertz CT molecular complexity index is 196. The highest BCUT2D eigenvalue weighted by Gasteiger charge is 2.40. The summed E-state index contributed by atoms with van der Waals surface area (Å²) in [5, 5.41) is 3.25. The quantitative estimate of drug-likeness (QED) is 0.587. The van der Waals surface area contributed by atoms with Crippen LogP contribution in [0, 0.1) is 5.41 Å². The lowest BCUT2D eigenvalue weighted by Crippen LogP contribution is -2.47. The summed E-state index contributed by atoms with van der Waals surface area (Å²) in [7, 11) is 0. The lowest BCUT2D eigenvalue weighted by Gasteiger charge is -2.37. The normalized spacial score (nSPS) is 18.9. The zero-order valence-corrected chi connectivity index (χ0v) is 8.94. The van der Waals surface area contributed by atoms with Gasteiger partial charge in [0.1, 0.15) is 18.6 Å². The van der Waals surface area contributed by atoms with Crippen molar-refractivity contribution in [2.75, 3.05) is 13.1 Å². The van der Waals surface area contributed by atoms with Gasteiger partial charge in [0.25, 0.3) is 0 Å². The molecule has 2 heteroatoms. The molecule has 0 unspecified atom stereocenters. The van der Waals surface area contributed by atoms with Crippen molar-refractivity contribution in [3.05, 3.63) is 0 Å². The van der Waals surface area contributed by atoms with Gasteiger partial charge in [0.05, 0.1) is 0 Å². The minimum Gasteiger partial charge on any atom is -0.277 e. The first-order valence-electron chi connectivity index (χ1n) is 4.69. The first kappa shape index (κ1) is 9.56. The third kappa shape index (κ3) is 1.47. The van der Waals surface area contributed by atoms with E-state index in [0.717, 1.165) is 13.1 Å². The van der Waals surface area contributed by atoms with Gasteiger partial charge in [0, 0.05) is 5.41 Å². The maximum absolute atomic E-state index is 3.25. The van der Waals surface area contributed by atoms with Gasteiger partial charge in [-0.3, -0.25) is 9.89 Å². The molecule has 1 aliphatic heterocycles. The number of nitrogens with zero attached hydrogens (tertiary/aromatic N) is 1. The zero-order chi connectivity index (χ0) is 9.41. The van der Waals surface area contributed by atoms with Gasteiger partial charge in [0.15, 0.2) is 0 Å². The first-order valence-corrected chi connectivity index (χ1v) is 4.69. The summed E-state index contributed by atoms with van der Waals surface area (Å²) >= 11 is 0. The number of hydrogen-bond acceptors (Lipinski definition) is 1. The van der Waals surface area contributed by atoms with Crippen molar-refractivity contribution in [1.29, 1.82) is 0 Å². The smallest absolute Gasteiger partial charge is 0.232 e. The third-order valence-corrected chi connectivity index (χ3v) is 3.30. The maximum Gasteiger partial charge on any atom is 0.232 e. The van der Waals surface area contributed by atoms with Crippen LogP contribution in [0.25, 0.3) is 0 Å².